The van der Waals surface area contributed by atoms with Gasteiger partial charge in [0.1, 0.15) is 11.9 Å². The second kappa shape index (κ2) is 8.67. The van der Waals surface area contributed by atoms with Crippen molar-refractivity contribution in [3.05, 3.63) is 30.1 Å². The normalized spacial score (nSPS) is 13.5. The molecule has 1 aromatic rings. The Labute approximate surface area is 128 Å². The number of amides is 1. The summed E-state index contributed by atoms with van der Waals surface area (Å²) in [5.41, 5.74) is 0. The number of benzene rings is 1. The van der Waals surface area contributed by atoms with Crippen molar-refractivity contribution in [2.75, 3.05) is 5.75 Å². The highest BCUT2D eigenvalue weighted by Crippen LogP contribution is 2.19. The first-order valence-electron chi connectivity index (χ1n) is 6.84. The van der Waals surface area contributed by atoms with Gasteiger partial charge in [-0.1, -0.05) is 20.3 Å². The zero-order valence-corrected chi connectivity index (χ0v) is 13.0. The molecule has 1 aromatic carbocycles. The highest BCUT2D eigenvalue weighted by molar-refractivity contribution is 7.99. The number of rotatable bonds is 8. The third-order valence-corrected chi connectivity index (χ3v) is 4.22. The van der Waals surface area contributed by atoms with Gasteiger partial charge >= 0.3 is 5.97 Å². The zero-order valence-electron chi connectivity index (χ0n) is 12.1. The summed E-state index contributed by atoms with van der Waals surface area (Å²) in [7, 11) is 0. The van der Waals surface area contributed by atoms with Gasteiger partial charge in [0.15, 0.2) is 0 Å². The smallest absolute Gasteiger partial charge is 0.326 e. The molecule has 0 aliphatic carbocycles. The number of carbonyl (C=O) groups is 2. The minimum absolute atomic E-state index is 0.115. The quantitative estimate of drug-likeness (QED) is 0.724. The first-order valence-corrected chi connectivity index (χ1v) is 7.83. The maximum atomic E-state index is 12.7. The van der Waals surface area contributed by atoms with Crippen LogP contribution in [-0.2, 0) is 9.59 Å². The number of carboxylic acid groups (broad SMARTS) is 1. The molecule has 0 heterocycles. The molecule has 0 radical (unpaired) electrons. The van der Waals surface area contributed by atoms with E-state index >= 15 is 0 Å². The number of hydrogen-bond donors (Lipinski definition) is 2. The number of thioether (sulfide) groups is 1. The molecule has 2 atom stereocenters. The van der Waals surface area contributed by atoms with E-state index in [1.165, 1.54) is 23.9 Å². The lowest BCUT2D eigenvalue weighted by atomic mass is 9.99. The van der Waals surface area contributed by atoms with Gasteiger partial charge in [-0.05, 0) is 30.2 Å². The molecule has 0 aliphatic rings. The Balaban J connectivity index is 2.39. The number of aliphatic carboxylic acids is 1. The molecular weight excluding hydrogens is 293 g/mol. The summed E-state index contributed by atoms with van der Waals surface area (Å²) in [6, 6.07) is 5.18. The molecular formula is C15H20FNO3S. The van der Waals surface area contributed by atoms with E-state index in [1.807, 2.05) is 6.92 Å². The second-order valence-corrected chi connectivity index (χ2v) is 5.99. The molecule has 0 saturated carbocycles. The SMILES string of the molecule is CC[C@H](C)[C@H](NC(=O)CCSc1ccc(F)cc1)C(=O)O. The number of halogens is 1. The minimum atomic E-state index is -1.01. The number of carboxylic acids is 1. The lowest BCUT2D eigenvalue weighted by molar-refractivity contribution is -0.143. The Bertz CT molecular complexity index is 478. The lowest BCUT2D eigenvalue weighted by Gasteiger charge is -2.20. The van der Waals surface area contributed by atoms with Crippen molar-refractivity contribution < 1.29 is 19.1 Å². The molecule has 0 spiro atoms. The fourth-order valence-electron chi connectivity index (χ4n) is 1.72. The van der Waals surface area contributed by atoms with Crippen molar-refractivity contribution in [3.8, 4) is 0 Å². The molecule has 0 fully saturated rings. The van der Waals surface area contributed by atoms with Crippen molar-refractivity contribution in [1.29, 1.82) is 0 Å². The van der Waals surface area contributed by atoms with Crippen molar-refractivity contribution in [3.63, 3.8) is 0 Å². The van der Waals surface area contributed by atoms with Crippen molar-refractivity contribution in [2.24, 2.45) is 5.92 Å². The minimum Gasteiger partial charge on any atom is -0.480 e. The van der Waals surface area contributed by atoms with Crippen LogP contribution in [0.25, 0.3) is 0 Å². The van der Waals surface area contributed by atoms with E-state index in [-0.39, 0.29) is 24.1 Å². The van der Waals surface area contributed by atoms with Gasteiger partial charge in [-0.2, -0.15) is 0 Å². The van der Waals surface area contributed by atoms with E-state index in [4.69, 9.17) is 5.11 Å². The van der Waals surface area contributed by atoms with Gasteiger partial charge in [-0.3, -0.25) is 4.79 Å². The van der Waals surface area contributed by atoms with E-state index in [1.54, 1.807) is 19.1 Å². The van der Waals surface area contributed by atoms with Crippen LogP contribution >= 0.6 is 11.8 Å². The van der Waals surface area contributed by atoms with Crippen LogP contribution in [0.1, 0.15) is 26.7 Å². The number of hydrogen-bond acceptors (Lipinski definition) is 3. The Kier molecular flexibility index (Phi) is 7.22. The molecule has 1 amide bonds. The van der Waals surface area contributed by atoms with Crippen molar-refractivity contribution in [1.82, 2.24) is 5.32 Å². The third kappa shape index (κ3) is 6.16. The van der Waals surface area contributed by atoms with Gasteiger partial charge in [0, 0.05) is 17.1 Å². The fraction of sp³-hybridized carbons (Fsp3) is 0.467. The molecule has 116 valence electrons. The summed E-state index contributed by atoms with van der Waals surface area (Å²) < 4.78 is 12.7. The molecule has 0 saturated heterocycles. The van der Waals surface area contributed by atoms with E-state index in [0.717, 1.165) is 4.90 Å². The van der Waals surface area contributed by atoms with Crippen LogP contribution in [0.2, 0.25) is 0 Å². The van der Waals surface area contributed by atoms with E-state index in [9.17, 15) is 14.0 Å². The molecule has 0 aliphatic heterocycles. The zero-order chi connectivity index (χ0) is 15.8. The summed E-state index contributed by atoms with van der Waals surface area (Å²) in [4.78, 5) is 23.8. The standard InChI is InChI=1S/C15H20FNO3S/c1-3-10(2)14(15(19)20)17-13(18)8-9-21-12-6-4-11(16)5-7-12/h4-7,10,14H,3,8-9H2,1-2H3,(H,17,18)(H,19,20)/t10-,14-/m0/s1. The van der Waals surface area contributed by atoms with Crippen LogP contribution in [-0.4, -0.2) is 28.8 Å². The van der Waals surface area contributed by atoms with E-state index in [0.29, 0.717) is 12.2 Å². The van der Waals surface area contributed by atoms with Gasteiger partial charge in [0.25, 0.3) is 0 Å². The van der Waals surface area contributed by atoms with E-state index < -0.39 is 12.0 Å². The van der Waals surface area contributed by atoms with Crippen molar-refractivity contribution >= 4 is 23.6 Å². The second-order valence-electron chi connectivity index (χ2n) is 4.82. The summed E-state index contributed by atoms with van der Waals surface area (Å²) in [6.45, 7) is 3.68. The largest absolute Gasteiger partial charge is 0.480 e. The summed E-state index contributed by atoms with van der Waals surface area (Å²) in [5, 5.41) is 11.6. The van der Waals surface area contributed by atoms with Crippen LogP contribution in [0, 0.1) is 11.7 Å². The van der Waals surface area contributed by atoms with Crippen LogP contribution < -0.4 is 5.32 Å². The molecule has 21 heavy (non-hydrogen) atoms. The summed E-state index contributed by atoms with van der Waals surface area (Å²) in [6.07, 6.45) is 0.907. The van der Waals surface area contributed by atoms with Crippen LogP contribution in [0.5, 0.6) is 0 Å². The Hall–Kier alpha value is -1.56. The van der Waals surface area contributed by atoms with Gasteiger partial charge in [0.05, 0.1) is 0 Å². The third-order valence-electron chi connectivity index (χ3n) is 3.21. The average Bonchev–Trinajstić information content (AvgIpc) is 2.45. The Morgan fingerprint density at radius 1 is 1.33 bits per heavy atom. The predicted molar refractivity (Wildman–Crippen MR) is 80.8 cm³/mol. The van der Waals surface area contributed by atoms with Gasteiger partial charge < -0.3 is 10.4 Å². The van der Waals surface area contributed by atoms with E-state index in [2.05, 4.69) is 5.32 Å². The molecule has 1 rings (SSSR count). The van der Waals surface area contributed by atoms with Gasteiger partial charge in [0.2, 0.25) is 5.91 Å². The van der Waals surface area contributed by atoms with Gasteiger partial charge in [-0.15, -0.1) is 11.8 Å². The Morgan fingerprint density at radius 2 is 1.95 bits per heavy atom. The first-order chi connectivity index (χ1) is 9.93. The Morgan fingerprint density at radius 3 is 2.48 bits per heavy atom. The number of nitrogens with one attached hydrogen (secondary N) is 1. The molecule has 2 N–H and O–H groups in total. The molecule has 4 nitrogen and oxygen atoms in total. The number of carbonyl (C=O) groups excluding carboxylic acids is 1. The van der Waals surface area contributed by atoms with Gasteiger partial charge in [-0.25, -0.2) is 9.18 Å². The molecule has 0 bridgehead atoms. The topological polar surface area (TPSA) is 66.4 Å². The highest BCUT2D eigenvalue weighted by Gasteiger charge is 2.24. The summed E-state index contributed by atoms with van der Waals surface area (Å²) in [5.74, 6) is -1.18. The molecule has 6 heteroatoms. The van der Waals surface area contributed by atoms with Crippen LogP contribution in [0.4, 0.5) is 4.39 Å². The molecule has 0 unspecified atom stereocenters. The first kappa shape index (κ1) is 17.5. The van der Waals surface area contributed by atoms with Crippen LogP contribution in [0.3, 0.4) is 0 Å². The maximum absolute atomic E-state index is 12.7. The maximum Gasteiger partial charge on any atom is 0.326 e. The molecule has 0 aromatic heterocycles. The average molecular weight is 313 g/mol. The van der Waals surface area contributed by atoms with Crippen LogP contribution in [0.15, 0.2) is 29.2 Å². The fourth-order valence-corrected chi connectivity index (χ4v) is 2.57. The summed E-state index contributed by atoms with van der Waals surface area (Å²) >= 11 is 1.43. The monoisotopic (exact) mass is 313 g/mol. The van der Waals surface area contributed by atoms with Crippen molar-refractivity contribution in [2.45, 2.75) is 37.6 Å². The highest BCUT2D eigenvalue weighted by atomic mass is 32.2. The lowest BCUT2D eigenvalue weighted by Crippen LogP contribution is -2.45. The predicted octanol–water partition coefficient (Wildman–Crippen LogP) is 2.92.